The Hall–Kier alpha value is -0.570. The van der Waals surface area contributed by atoms with E-state index in [0.29, 0.717) is 6.61 Å². The quantitative estimate of drug-likeness (QED) is 0.573. The second-order valence-electron chi connectivity index (χ2n) is 3.05. The van der Waals surface area contributed by atoms with Crippen molar-refractivity contribution in [3.8, 4) is 0 Å². The zero-order chi connectivity index (χ0) is 8.27. The fourth-order valence-electron chi connectivity index (χ4n) is 1.60. The van der Waals surface area contributed by atoms with Gasteiger partial charge in [-0.1, -0.05) is 0 Å². The summed E-state index contributed by atoms with van der Waals surface area (Å²) in [6.07, 6.45) is 3.16. The first kappa shape index (κ1) is 8.53. The molecule has 0 bridgehead atoms. The van der Waals surface area contributed by atoms with Gasteiger partial charge in [0.2, 0.25) is 0 Å². The van der Waals surface area contributed by atoms with Gasteiger partial charge in [-0.05, 0) is 19.8 Å². The van der Waals surface area contributed by atoms with Gasteiger partial charge >= 0.3 is 5.97 Å². The number of quaternary nitrogens is 1. The van der Waals surface area contributed by atoms with E-state index in [1.165, 1.54) is 0 Å². The fraction of sp³-hybridized carbons (Fsp3) is 0.875. The number of ether oxygens (including phenoxy) is 1. The van der Waals surface area contributed by atoms with Gasteiger partial charge in [-0.25, -0.2) is 0 Å². The molecule has 0 aromatic rings. The van der Waals surface area contributed by atoms with E-state index in [2.05, 4.69) is 5.73 Å². The minimum absolute atomic E-state index is 0.0509. The van der Waals surface area contributed by atoms with E-state index in [1.807, 2.05) is 6.92 Å². The van der Waals surface area contributed by atoms with E-state index in [9.17, 15) is 4.79 Å². The van der Waals surface area contributed by atoms with Crippen LogP contribution in [0.1, 0.15) is 26.2 Å². The molecular formula is C8H16NO2+. The molecule has 0 saturated heterocycles. The highest BCUT2D eigenvalue weighted by atomic mass is 16.5. The summed E-state index contributed by atoms with van der Waals surface area (Å²) in [7, 11) is 0. The third-order valence-corrected chi connectivity index (χ3v) is 2.25. The van der Waals surface area contributed by atoms with Crippen molar-refractivity contribution in [2.24, 2.45) is 5.92 Å². The zero-order valence-corrected chi connectivity index (χ0v) is 7.01. The van der Waals surface area contributed by atoms with Crippen LogP contribution >= 0.6 is 0 Å². The van der Waals surface area contributed by atoms with Crippen molar-refractivity contribution in [3.05, 3.63) is 0 Å². The minimum atomic E-state index is -0.0509. The third-order valence-electron chi connectivity index (χ3n) is 2.25. The molecule has 0 amide bonds. The lowest BCUT2D eigenvalue weighted by atomic mass is 10.1. The maximum absolute atomic E-state index is 11.2. The summed E-state index contributed by atoms with van der Waals surface area (Å²) in [6, 6.07) is 0.286. The molecule has 1 saturated carbocycles. The Morgan fingerprint density at radius 2 is 2.36 bits per heavy atom. The Morgan fingerprint density at radius 3 is 2.82 bits per heavy atom. The van der Waals surface area contributed by atoms with E-state index >= 15 is 0 Å². The molecule has 0 radical (unpaired) electrons. The monoisotopic (exact) mass is 158 g/mol. The van der Waals surface area contributed by atoms with Gasteiger partial charge in [-0.2, -0.15) is 0 Å². The van der Waals surface area contributed by atoms with Crippen molar-refractivity contribution in [2.75, 3.05) is 6.61 Å². The van der Waals surface area contributed by atoms with Crippen molar-refractivity contribution in [3.63, 3.8) is 0 Å². The maximum Gasteiger partial charge on any atom is 0.314 e. The Kier molecular flexibility index (Phi) is 2.88. The molecule has 64 valence electrons. The van der Waals surface area contributed by atoms with Crippen molar-refractivity contribution >= 4 is 5.97 Å². The Labute approximate surface area is 66.9 Å². The summed E-state index contributed by atoms with van der Waals surface area (Å²) in [6.45, 7) is 2.33. The summed E-state index contributed by atoms with van der Waals surface area (Å²) in [5, 5.41) is 0. The van der Waals surface area contributed by atoms with Gasteiger partial charge in [0.05, 0.1) is 12.6 Å². The minimum Gasteiger partial charge on any atom is -0.466 e. The van der Waals surface area contributed by atoms with E-state index in [0.717, 1.165) is 19.3 Å². The smallest absolute Gasteiger partial charge is 0.314 e. The van der Waals surface area contributed by atoms with Crippen LogP contribution in [-0.4, -0.2) is 18.6 Å². The second kappa shape index (κ2) is 3.72. The predicted octanol–water partition coefficient (Wildman–Crippen LogP) is -0.0399. The molecular weight excluding hydrogens is 142 g/mol. The third kappa shape index (κ3) is 1.93. The van der Waals surface area contributed by atoms with Crippen molar-refractivity contribution in [1.82, 2.24) is 0 Å². The normalized spacial score (nSPS) is 30.4. The highest BCUT2D eigenvalue weighted by Gasteiger charge is 2.34. The van der Waals surface area contributed by atoms with Gasteiger partial charge in [-0.3, -0.25) is 4.79 Å². The van der Waals surface area contributed by atoms with Crippen LogP contribution in [0, 0.1) is 5.92 Å². The summed E-state index contributed by atoms with van der Waals surface area (Å²) in [5.74, 6) is 0.0277. The van der Waals surface area contributed by atoms with Crippen molar-refractivity contribution in [2.45, 2.75) is 32.2 Å². The molecule has 0 aromatic carbocycles. The molecule has 0 heterocycles. The molecule has 11 heavy (non-hydrogen) atoms. The zero-order valence-electron chi connectivity index (χ0n) is 7.01. The van der Waals surface area contributed by atoms with Gasteiger partial charge in [0.1, 0.15) is 5.92 Å². The number of esters is 1. The lowest BCUT2D eigenvalue weighted by Crippen LogP contribution is -2.63. The van der Waals surface area contributed by atoms with Gasteiger partial charge in [0.15, 0.2) is 0 Å². The molecule has 0 aliphatic heterocycles. The largest absolute Gasteiger partial charge is 0.466 e. The molecule has 1 rings (SSSR count). The topological polar surface area (TPSA) is 53.9 Å². The standard InChI is InChI=1S/C8H15NO2/c1-2-11-8(10)6-4-3-5-7(6)9/h6-7H,2-5,9H2,1H3/p+1/t6-,7+/m1/s1. The van der Waals surface area contributed by atoms with Crippen LogP contribution in [0.4, 0.5) is 0 Å². The molecule has 0 unspecified atom stereocenters. The van der Waals surface area contributed by atoms with Gasteiger partial charge < -0.3 is 10.5 Å². The molecule has 0 aromatic heterocycles. The average molecular weight is 158 g/mol. The van der Waals surface area contributed by atoms with Crippen molar-refractivity contribution < 1.29 is 15.3 Å². The van der Waals surface area contributed by atoms with Crippen molar-refractivity contribution in [1.29, 1.82) is 0 Å². The first-order valence-corrected chi connectivity index (χ1v) is 4.25. The Bertz CT molecular complexity index is 147. The molecule has 2 atom stereocenters. The van der Waals surface area contributed by atoms with Crippen LogP contribution in [0.3, 0.4) is 0 Å². The predicted molar refractivity (Wildman–Crippen MR) is 40.7 cm³/mol. The summed E-state index contributed by atoms with van der Waals surface area (Å²) < 4.78 is 4.92. The molecule has 1 aliphatic rings. The van der Waals surface area contributed by atoms with Crippen LogP contribution in [0.15, 0.2) is 0 Å². The van der Waals surface area contributed by atoms with Crippen LogP contribution in [0.2, 0.25) is 0 Å². The fourth-order valence-corrected chi connectivity index (χ4v) is 1.60. The van der Waals surface area contributed by atoms with E-state index in [1.54, 1.807) is 0 Å². The molecule has 0 spiro atoms. The first-order valence-electron chi connectivity index (χ1n) is 4.25. The summed E-state index contributed by atoms with van der Waals surface area (Å²) in [4.78, 5) is 11.2. The van der Waals surface area contributed by atoms with Crippen LogP contribution < -0.4 is 5.73 Å². The Balaban J connectivity index is 2.39. The van der Waals surface area contributed by atoms with Crippen LogP contribution in [0.5, 0.6) is 0 Å². The van der Waals surface area contributed by atoms with Crippen LogP contribution in [-0.2, 0) is 9.53 Å². The first-order chi connectivity index (χ1) is 5.25. The van der Waals surface area contributed by atoms with Crippen LogP contribution in [0.25, 0.3) is 0 Å². The second-order valence-corrected chi connectivity index (χ2v) is 3.05. The Morgan fingerprint density at radius 1 is 1.64 bits per heavy atom. The number of rotatable bonds is 2. The summed E-state index contributed by atoms with van der Waals surface area (Å²) >= 11 is 0. The number of hydrogen-bond donors (Lipinski definition) is 1. The molecule has 3 nitrogen and oxygen atoms in total. The van der Waals surface area contributed by atoms with Gasteiger partial charge in [-0.15, -0.1) is 0 Å². The summed E-state index contributed by atoms with van der Waals surface area (Å²) in [5.41, 5.74) is 3.92. The highest BCUT2D eigenvalue weighted by molar-refractivity contribution is 5.73. The number of hydrogen-bond acceptors (Lipinski definition) is 2. The highest BCUT2D eigenvalue weighted by Crippen LogP contribution is 2.23. The van der Waals surface area contributed by atoms with Gasteiger partial charge in [0.25, 0.3) is 0 Å². The molecule has 1 fully saturated rings. The SMILES string of the molecule is CCOC(=O)[C@@H]1CCC[C@@H]1[NH3+]. The maximum atomic E-state index is 11.2. The lowest BCUT2D eigenvalue weighted by Gasteiger charge is -2.10. The van der Waals surface area contributed by atoms with E-state index in [4.69, 9.17) is 4.74 Å². The molecule has 3 N–H and O–H groups in total. The van der Waals surface area contributed by atoms with E-state index in [-0.39, 0.29) is 17.9 Å². The number of carbonyl (C=O) groups excluding carboxylic acids is 1. The number of carbonyl (C=O) groups is 1. The average Bonchev–Trinajstić information content (AvgIpc) is 2.36. The van der Waals surface area contributed by atoms with E-state index < -0.39 is 0 Å². The molecule has 1 aliphatic carbocycles. The van der Waals surface area contributed by atoms with Gasteiger partial charge in [0, 0.05) is 6.42 Å². The molecule has 3 heteroatoms. The lowest BCUT2D eigenvalue weighted by molar-refractivity contribution is -0.425.